The first kappa shape index (κ1) is 15.3. The molecule has 2 aliphatic rings. The molecule has 118 valence electrons. The molecule has 2 heterocycles. The van der Waals surface area contributed by atoms with Gasteiger partial charge in [0.1, 0.15) is 4.90 Å². The number of hydrogen-bond acceptors (Lipinski definition) is 6. The number of rotatable bonds is 2. The zero-order chi connectivity index (χ0) is 15.6. The fourth-order valence-corrected chi connectivity index (χ4v) is 4.33. The van der Waals surface area contributed by atoms with Gasteiger partial charge in [-0.25, -0.2) is 0 Å². The maximum absolute atomic E-state index is 12.1. The summed E-state index contributed by atoms with van der Waals surface area (Å²) < 4.78 is 33.1. The normalized spacial score (nSPS) is 19.8. The number of fused-ring (bicyclic) bond motifs is 1. The van der Waals surface area contributed by atoms with E-state index in [-0.39, 0.29) is 21.7 Å². The molecule has 9 heteroatoms. The molecule has 0 radical (unpaired) electrons. The molecule has 3 rings (SSSR count). The molecule has 0 atom stereocenters. The fourth-order valence-electron chi connectivity index (χ4n) is 2.19. The highest BCUT2D eigenvalue weighted by molar-refractivity contribution is 8.15. The molecule has 1 saturated heterocycles. The van der Waals surface area contributed by atoms with Crippen LogP contribution in [0.3, 0.4) is 0 Å². The number of carbonyl (C=O) groups excluding carboxylic acids is 1. The third kappa shape index (κ3) is 3.26. The number of carbonyl (C=O) groups is 1. The van der Waals surface area contributed by atoms with E-state index in [0.717, 1.165) is 11.8 Å². The molecule has 1 N–H and O–H groups in total. The molecule has 1 aromatic rings. The van der Waals surface area contributed by atoms with Crippen molar-refractivity contribution >= 4 is 38.5 Å². The topological polar surface area (TPSA) is 88.1 Å². The van der Waals surface area contributed by atoms with Crippen molar-refractivity contribution in [1.29, 1.82) is 0 Å². The zero-order valence-corrected chi connectivity index (χ0v) is 13.3. The van der Waals surface area contributed by atoms with Gasteiger partial charge >= 0.3 is 0 Å². The van der Waals surface area contributed by atoms with Gasteiger partial charge in [0.25, 0.3) is 10.0 Å². The SMILES string of the molecule is O=C(CSC1=NS(=O)(=O)c2ccccc2N1)N1CCOCC1. The number of amides is 1. The molecule has 0 bridgehead atoms. The Morgan fingerprint density at radius 3 is 2.82 bits per heavy atom. The van der Waals surface area contributed by atoms with Crippen LogP contribution in [-0.2, 0) is 19.6 Å². The highest BCUT2D eigenvalue weighted by atomic mass is 32.2. The number of amidine groups is 1. The van der Waals surface area contributed by atoms with E-state index >= 15 is 0 Å². The van der Waals surface area contributed by atoms with Crippen molar-refractivity contribution in [2.75, 3.05) is 37.4 Å². The average molecular weight is 341 g/mol. The van der Waals surface area contributed by atoms with Gasteiger partial charge in [-0.15, -0.1) is 4.40 Å². The van der Waals surface area contributed by atoms with Gasteiger partial charge in [-0.2, -0.15) is 8.42 Å². The Bertz CT molecular complexity index is 712. The maximum Gasteiger partial charge on any atom is 0.286 e. The second-order valence-electron chi connectivity index (χ2n) is 4.77. The van der Waals surface area contributed by atoms with Crippen LogP contribution in [0.2, 0.25) is 0 Å². The molecule has 0 unspecified atom stereocenters. The monoisotopic (exact) mass is 341 g/mol. The number of para-hydroxylation sites is 1. The van der Waals surface area contributed by atoms with Gasteiger partial charge in [-0.3, -0.25) is 4.79 Å². The van der Waals surface area contributed by atoms with Gasteiger partial charge in [-0.05, 0) is 12.1 Å². The highest BCUT2D eigenvalue weighted by Gasteiger charge is 2.25. The Hall–Kier alpha value is -1.58. The summed E-state index contributed by atoms with van der Waals surface area (Å²) >= 11 is 1.09. The van der Waals surface area contributed by atoms with Gasteiger partial charge in [0.2, 0.25) is 5.91 Å². The second-order valence-corrected chi connectivity index (χ2v) is 7.31. The summed E-state index contributed by atoms with van der Waals surface area (Å²) in [6.45, 7) is 2.22. The van der Waals surface area contributed by atoms with Crippen LogP contribution >= 0.6 is 11.8 Å². The van der Waals surface area contributed by atoms with E-state index in [0.29, 0.717) is 32.0 Å². The number of nitrogens with zero attached hydrogens (tertiary/aromatic N) is 2. The number of benzene rings is 1. The Labute approximate surface area is 132 Å². The van der Waals surface area contributed by atoms with E-state index in [9.17, 15) is 13.2 Å². The molecule has 1 fully saturated rings. The quantitative estimate of drug-likeness (QED) is 0.854. The molecule has 0 saturated carbocycles. The minimum Gasteiger partial charge on any atom is -0.378 e. The lowest BCUT2D eigenvalue weighted by Gasteiger charge is -2.27. The summed E-state index contributed by atoms with van der Waals surface area (Å²) in [7, 11) is -3.70. The largest absolute Gasteiger partial charge is 0.378 e. The molecule has 0 aromatic heterocycles. The van der Waals surface area contributed by atoms with Crippen molar-refractivity contribution in [2.24, 2.45) is 4.40 Å². The van der Waals surface area contributed by atoms with Crippen LogP contribution in [0.1, 0.15) is 0 Å². The van der Waals surface area contributed by atoms with Crippen molar-refractivity contribution in [3.63, 3.8) is 0 Å². The van der Waals surface area contributed by atoms with Crippen molar-refractivity contribution in [2.45, 2.75) is 4.90 Å². The first-order valence-corrected chi connectivity index (χ1v) is 9.18. The van der Waals surface area contributed by atoms with Crippen LogP contribution in [0.4, 0.5) is 5.69 Å². The van der Waals surface area contributed by atoms with Gasteiger partial charge in [0.05, 0.1) is 24.7 Å². The average Bonchev–Trinajstić information content (AvgIpc) is 2.53. The molecule has 1 aromatic carbocycles. The molecular formula is C13H15N3O4S2. The second kappa shape index (κ2) is 6.27. The number of sulfonamides is 1. The van der Waals surface area contributed by atoms with Crippen LogP contribution < -0.4 is 5.32 Å². The summed E-state index contributed by atoms with van der Waals surface area (Å²) in [5.41, 5.74) is 0.485. The molecule has 22 heavy (non-hydrogen) atoms. The molecule has 1 amide bonds. The molecule has 2 aliphatic heterocycles. The number of hydrogen-bond donors (Lipinski definition) is 1. The maximum atomic E-state index is 12.1. The number of thioether (sulfide) groups is 1. The predicted octanol–water partition coefficient (Wildman–Crippen LogP) is 0.749. The Morgan fingerprint density at radius 2 is 2.05 bits per heavy atom. The van der Waals surface area contributed by atoms with Crippen LogP contribution in [0.25, 0.3) is 0 Å². The van der Waals surface area contributed by atoms with Crippen molar-refractivity contribution in [3.8, 4) is 0 Å². The zero-order valence-electron chi connectivity index (χ0n) is 11.7. The Kier molecular flexibility index (Phi) is 4.37. The van der Waals surface area contributed by atoms with Crippen LogP contribution in [0.5, 0.6) is 0 Å². The van der Waals surface area contributed by atoms with E-state index in [1.807, 2.05) is 0 Å². The highest BCUT2D eigenvalue weighted by Crippen LogP contribution is 2.28. The van der Waals surface area contributed by atoms with E-state index in [1.54, 1.807) is 23.1 Å². The van der Waals surface area contributed by atoms with Crippen molar-refractivity contribution < 1.29 is 17.9 Å². The first-order valence-electron chi connectivity index (χ1n) is 6.75. The van der Waals surface area contributed by atoms with Crippen LogP contribution in [0.15, 0.2) is 33.6 Å². The lowest BCUT2D eigenvalue weighted by Crippen LogP contribution is -2.41. The standard InChI is InChI=1S/C13H15N3O4S2/c17-12(16-5-7-20-8-6-16)9-21-13-14-10-3-1-2-4-11(10)22(18,19)15-13/h1-4H,5-9H2,(H,14,15). The molecular weight excluding hydrogens is 326 g/mol. The summed E-state index contributed by atoms with van der Waals surface area (Å²) in [4.78, 5) is 13.9. The minimum atomic E-state index is -3.70. The number of nitrogens with one attached hydrogen (secondary N) is 1. The summed E-state index contributed by atoms with van der Waals surface area (Å²) in [5, 5.41) is 3.17. The van der Waals surface area contributed by atoms with Gasteiger partial charge in [-0.1, -0.05) is 23.9 Å². The van der Waals surface area contributed by atoms with E-state index < -0.39 is 10.0 Å². The summed E-state index contributed by atoms with van der Waals surface area (Å²) in [5.74, 6) is 0.0952. The third-order valence-electron chi connectivity index (χ3n) is 3.31. The Balaban J connectivity index is 1.67. The lowest BCUT2D eigenvalue weighted by molar-refractivity contribution is -0.132. The van der Waals surface area contributed by atoms with Gasteiger partial charge in [0, 0.05) is 13.1 Å². The molecule has 0 aliphatic carbocycles. The Morgan fingerprint density at radius 1 is 1.32 bits per heavy atom. The van der Waals surface area contributed by atoms with Gasteiger partial charge < -0.3 is 15.0 Å². The molecule has 7 nitrogen and oxygen atoms in total. The van der Waals surface area contributed by atoms with E-state index in [1.165, 1.54) is 6.07 Å². The minimum absolute atomic E-state index is 0.0472. The number of ether oxygens (including phenoxy) is 1. The molecule has 0 spiro atoms. The van der Waals surface area contributed by atoms with E-state index in [4.69, 9.17) is 4.74 Å². The van der Waals surface area contributed by atoms with Crippen LogP contribution in [0, 0.1) is 0 Å². The lowest BCUT2D eigenvalue weighted by atomic mass is 10.3. The number of morpholine rings is 1. The van der Waals surface area contributed by atoms with Gasteiger partial charge in [0.15, 0.2) is 5.17 Å². The number of anilines is 1. The van der Waals surface area contributed by atoms with Crippen molar-refractivity contribution in [3.05, 3.63) is 24.3 Å². The van der Waals surface area contributed by atoms with E-state index in [2.05, 4.69) is 9.71 Å². The summed E-state index contributed by atoms with van der Waals surface area (Å²) in [6, 6.07) is 6.56. The van der Waals surface area contributed by atoms with Crippen LogP contribution in [-0.4, -0.2) is 56.4 Å². The fraction of sp³-hybridized carbons (Fsp3) is 0.385. The van der Waals surface area contributed by atoms with Crippen molar-refractivity contribution in [1.82, 2.24) is 4.90 Å². The summed E-state index contributed by atoms with van der Waals surface area (Å²) in [6.07, 6.45) is 0. The third-order valence-corrected chi connectivity index (χ3v) is 5.61. The first-order chi connectivity index (χ1) is 10.6. The smallest absolute Gasteiger partial charge is 0.286 e. The predicted molar refractivity (Wildman–Crippen MR) is 84.5 cm³/mol.